The van der Waals surface area contributed by atoms with Gasteiger partial charge in [0.05, 0.1) is 20.3 Å². The van der Waals surface area contributed by atoms with Crippen LogP contribution in [0.4, 0.5) is 0 Å². The van der Waals surface area contributed by atoms with Gasteiger partial charge in [-0.05, 0) is 24.1 Å². The molecular formula is C14H18O3. The van der Waals surface area contributed by atoms with E-state index in [-0.39, 0.29) is 6.29 Å². The second-order valence-electron chi connectivity index (χ2n) is 3.94. The summed E-state index contributed by atoms with van der Waals surface area (Å²) in [4.78, 5) is 0. The van der Waals surface area contributed by atoms with Crippen molar-refractivity contribution < 1.29 is 14.2 Å². The molecule has 1 aromatic rings. The van der Waals surface area contributed by atoms with Gasteiger partial charge in [-0.15, -0.1) is 0 Å². The van der Waals surface area contributed by atoms with E-state index in [1.165, 1.54) is 0 Å². The van der Waals surface area contributed by atoms with Gasteiger partial charge in [0.1, 0.15) is 5.75 Å². The normalized spacial score (nSPS) is 17.5. The molecule has 0 unspecified atom stereocenters. The van der Waals surface area contributed by atoms with Gasteiger partial charge in [-0.1, -0.05) is 24.3 Å². The van der Waals surface area contributed by atoms with Gasteiger partial charge >= 0.3 is 0 Å². The number of methoxy groups -OCH3 is 1. The molecule has 0 aromatic heterocycles. The molecule has 0 aliphatic carbocycles. The van der Waals surface area contributed by atoms with E-state index in [0.29, 0.717) is 0 Å². The molecule has 0 saturated carbocycles. The molecule has 3 nitrogen and oxygen atoms in total. The minimum Gasteiger partial charge on any atom is -0.497 e. The molecule has 1 heterocycles. The topological polar surface area (TPSA) is 27.7 Å². The van der Waals surface area contributed by atoms with Gasteiger partial charge in [0, 0.05) is 6.42 Å². The van der Waals surface area contributed by atoms with Crippen LogP contribution in [0.15, 0.2) is 30.3 Å². The van der Waals surface area contributed by atoms with Crippen LogP contribution in [0, 0.1) is 0 Å². The van der Waals surface area contributed by atoms with Crippen molar-refractivity contribution >= 4 is 6.08 Å². The highest BCUT2D eigenvalue weighted by molar-refractivity contribution is 5.51. The van der Waals surface area contributed by atoms with E-state index in [9.17, 15) is 0 Å². The van der Waals surface area contributed by atoms with Crippen molar-refractivity contribution in [3.05, 3.63) is 35.9 Å². The lowest BCUT2D eigenvalue weighted by atomic mass is 10.2. The van der Waals surface area contributed by atoms with Crippen LogP contribution in [0.25, 0.3) is 6.08 Å². The Hall–Kier alpha value is -1.32. The highest BCUT2D eigenvalue weighted by Crippen LogP contribution is 2.15. The van der Waals surface area contributed by atoms with E-state index in [1.807, 2.05) is 24.3 Å². The number of ether oxygens (including phenoxy) is 3. The minimum atomic E-state index is -0.0781. The Balaban J connectivity index is 1.86. The first-order chi connectivity index (χ1) is 8.38. The summed E-state index contributed by atoms with van der Waals surface area (Å²) in [5.74, 6) is 0.873. The first-order valence-electron chi connectivity index (χ1n) is 5.92. The molecule has 0 spiro atoms. The Morgan fingerprint density at radius 1 is 1.35 bits per heavy atom. The van der Waals surface area contributed by atoms with E-state index in [4.69, 9.17) is 14.2 Å². The summed E-state index contributed by atoms with van der Waals surface area (Å²) < 4.78 is 16.1. The molecule has 3 heteroatoms. The third-order valence-electron chi connectivity index (χ3n) is 2.63. The molecule has 1 fully saturated rings. The number of hydrogen-bond acceptors (Lipinski definition) is 3. The zero-order valence-corrected chi connectivity index (χ0v) is 10.1. The number of hydrogen-bond donors (Lipinski definition) is 0. The van der Waals surface area contributed by atoms with Gasteiger partial charge in [0.15, 0.2) is 6.29 Å². The maximum Gasteiger partial charge on any atom is 0.160 e. The molecule has 0 radical (unpaired) electrons. The summed E-state index contributed by atoms with van der Waals surface area (Å²) in [5, 5.41) is 0. The van der Waals surface area contributed by atoms with Crippen molar-refractivity contribution in [1.29, 1.82) is 0 Å². The van der Waals surface area contributed by atoms with E-state index < -0.39 is 0 Å². The van der Waals surface area contributed by atoms with Crippen molar-refractivity contribution in [1.82, 2.24) is 0 Å². The van der Waals surface area contributed by atoms with Crippen LogP contribution in [0.2, 0.25) is 0 Å². The highest BCUT2D eigenvalue weighted by atomic mass is 16.7. The van der Waals surface area contributed by atoms with Crippen LogP contribution in [0.3, 0.4) is 0 Å². The summed E-state index contributed by atoms with van der Waals surface area (Å²) in [6, 6.07) is 7.96. The predicted molar refractivity (Wildman–Crippen MR) is 67.0 cm³/mol. The smallest absolute Gasteiger partial charge is 0.160 e. The second kappa shape index (κ2) is 6.42. The standard InChI is InChI=1S/C14H18O3/c1-15-13-7-2-5-12(11-13)6-3-8-14-16-9-4-10-17-14/h2-3,5-7,11,14H,4,8-10H2,1H3/b6-3-. The molecule has 17 heavy (non-hydrogen) atoms. The third-order valence-corrected chi connectivity index (χ3v) is 2.63. The van der Waals surface area contributed by atoms with Gasteiger partial charge in [-0.2, -0.15) is 0 Å². The monoisotopic (exact) mass is 234 g/mol. The molecule has 2 rings (SSSR count). The lowest BCUT2D eigenvalue weighted by molar-refractivity contribution is -0.175. The molecule has 92 valence electrons. The maximum atomic E-state index is 5.46. The average molecular weight is 234 g/mol. The average Bonchev–Trinajstić information content (AvgIpc) is 2.40. The zero-order valence-electron chi connectivity index (χ0n) is 10.1. The molecule has 0 amide bonds. The Morgan fingerprint density at radius 3 is 2.94 bits per heavy atom. The molecule has 1 aliphatic heterocycles. The van der Waals surface area contributed by atoms with Crippen molar-refractivity contribution in [2.45, 2.75) is 19.1 Å². The van der Waals surface area contributed by atoms with Crippen LogP contribution < -0.4 is 4.74 Å². The van der Waals surface area contributed by atoms with E-state index in [1.54, 1.807) is 7.11 Å². The van der Waals surface area contributed by atoms with E-state index in [0.717, 1.165) is 37.4 Å². The fraction of sp³-hybridized carbons (Fsp3) is 0.429. The van der Waals surface area contributed by atoms with E-state index >= 15 is 0 Å². The van der Waals surface area contributed by atoms with Crippen LogP contribution in [0.1, 0.15) is 18.4 Å². The lowest BCUT2D eigenvalue weighted by Crippen LogP contribution is -2.23. The lowest BCUT2D eigenvalue weighted by Gasteiger charge is -2.21. The second-order valence-corrected chi connectivity index (χ2v) is 3.94. The van der Waals surface area contributed by atoms with Gasteiger partial charge in [-0.25, -0.2) is 0 Å². The van der Waals surface area contributed by atoms with Crippen LogP contribution in [-0.2, 0) is 9.47 Å². The zero-order chi connectivity index (χ0) is 11.9. The molecule has 0 N–H and O–H groups in total. The summed E-state index contributed by atoms with van der Waals surface area (Å²) in [7, 11) is 1.67. The van der Waals surface area contributed by atoms with Gasteiger partial charge in [0.2, 0.25) is 0 Å². The van der Waals surface area contributed by atoms with Crippen LogP contribution >= 0.6 is 0 Å². The van der Waals surface area contributed by atoms with Crippen molar-refractivity contribution in [2.24, 2.45) is 0 Å². The van der Waals surface area contributed by atoms with Crippen molar-refractivity contribution in [2.75, 3.05) is 20.3 Å². The molecular weight excluding hydrogens is 216 g/mol. The van der Waals surface area contributed by atoms with Crippen molar-refractivity contribution in [3.63, 3.8) is 0 Å². The summed E-state index contributed by atoms with van der Waals surface area (Å²) in [6.45, 7) is 1.61. The van der Waals surface area contributed by atoms with Gasteiger partial charge in [0.25, 0.3) is 0 Å². The fourth-order valence-corrected chi connectivity index (χ4v) is 1.73. The Labute approximate surface area is 102 Å². The maximum absolute atomic E-state index is 5.46. The largest absolute Gasteiger partial charge is 0.497 e. The highest BCUT2D eigenvalue weighted by Gasteiger charge is 2.11. The minimum absolute atomic E-state index is 0.0781. The number of benzene rings is 1. The Morgan fingerprint density at radius 2 is 2.18 bits per heavy atom. The van der Waals surface area contributed by atoms with Gasteiger partial charge in [-0.3, -0.25) is 0 Å². The Kier molecular flexibility index (Phi) is 4.59. The van der Waals surface area contributed by atoms with Gasteiger partial charge < -0.3 is 14.2 Å². The first-order valence-corrected chi connectivity index (χ1v) is 5.92. The molecule has 1 saturated heterocycles. The first kappa shape index (κ1) is 12.1. The fourth-order valence-electron chi connectivity index (χ4n) is 1.73. The summed E-state index contributed by atoms with van der Waals surface area (Å²) in [6.07, 6.45) is 5.84. The molecule has 0 bridgehead atoms. The number of rotatable bonds is 4. The molecule has 0 atom stereocenters. The Bertz CT molecular complexity index is 367. The summed E-state index contributed by atoms with van der Waals surface area (Å²) >= 11 is 0. The predicted octanol–water partition coefficient (Wildman–Crippen LogP) is 2.86. The quantitative estimate of drug-likeness (QED) is 0.801. The molecule has 1 aliphatic rings. The van der Waals surface area contributed by atoms with E-state index in [2.05, 4.69) is 12.2 Å². The molecule has 1 aromatic carbocycles. The SMILES string of the molecule is COc1cccc(/C=C\CC2OCCCO2)c1. The van der Waals surface area contributed by atoms with Crippen molar-refractivity contribution in [3.8, 4) is 5.75 Å². The summed E-state index contributed by atoms with van der Waals surface area (Å²) in [5.41, 5.74) is 1.13. The van der Waals surface area contributed by atoms with Crippen LogP contribution in [0.5, 0.6) is 5.75 Å². The van der Waals surface area contributed by atoms with Crippen LogP contribution in [-0.4, -0.2) is 26.6 Å². The third kappa shape index (κ3) is 3.88.